The number of nitro benzene ring substituents is 1. The molecule has 1 fully saturated rings. The van der Waals surface area contributed by atoms with Crippen LogP contribution in [0.1, 0.15) is 5.56 Å². The molecular weight excluding hydrogens is 350 g/mol. The van der Waals surface area contributed by atoms with Crippen molar-refractivity contribution in [1.82, 2.24) is 5.32 Å². The summed E-state index contributed by atoms with van der Waals surface area (Å²) in [5, 5.41) is 12.9. The molecule has 4 amide bonds. The van der Waals surface area contributed by atoms with Crippen LogP contribution in [0.15, 0.2) is 72.3 Å². The number of allylic oxidation sites excluding steroid dienone is 2. The summed E-state index contributed by atoms with van der Waals surface area (Å²) in [4.78, 5) is 47.8. The number of anilines is 1. The van der Waals surface area contributed by atoms with Crippen LogP contribution in [0.4, 0.5) is 16.2 Å². The molecule has 0 radical (unpaired) electrons. The third-order valence-electron chi connectivity index (χ3n) is 3.75. The first-order chi connectivity index (χ1) is 13.0. The fourth-order valence-corrected chi connectivity index (χ4v) is 2.49. The van der Waals surface area contributed by atoms with Crippen LogP contribution < -0.4 is 10.2 Å². The second-order valence-corrected chi connectivity index (χ2v) is 5.53. The summed E-state index contributed by atoms with van der Waals surface area (Å²) in [6, 6.07) is 13.3. The van der Waals surface area contributed by atoms with E-state index in [0.717, 1.165) is 4.90 Å². The van der Waals surface area contributed by atoms with Crippen LogP contribution in [0.5, 0.6) is 0 Å². The summed E-state index contributed by atoms with van der Waals surface area (Å²) in [7, 11) is 0. The van der Waals surface area contributed by atoms with Gasteiger partial charge in [-0.05, 0) is 23.8 Å². The van der Waals surface area contributed by atoms with Crippen LogP contribution in [-0.2, 0) is 9.59 Å². The normalized spacial score (nSPS) is 16.1. The molecule has 0 aliphatic carbocycles. The lowest BCUT2D eigenvalue weighted by Gasteiger charge is -2.26. The van der Waals surface area contributed by atoms with Gasteiger partial charge in [-0.1, -0.05) is 42.5 Å². The molecular formula is C19H13N3O5. The van der Waals surface area contributed by atoms with Crippen LogP contribution in [0.25, 0.3) is 6.08 Å². The van der Waals surface area contributed by atoms with Crippen molar-refractivity contribution >= 4 is 35.3 Å². The monoisotopic (exact) mass is 363 g/mol. The number of hydrogen-bond donors (Lipinski definition) is 1. The van der Waals surface area contributed by atoms with Crippen LogP contribution >= 0.6 is 0 Å². The maximum absolute atomic E-state index is 12.6. The lowest BCUT2D eigenvalue weighted by atomic mass is 10.1. The predicted octanol–water partition coefficient (Wildman–Crippen LogP) is 2.82. The highest BCUT2D eigenvalue weighted by Crippen LogP contribution is 2.20. The number of amides is 4. The molecule has 0 atom stereocenters. The second kappa shape index (κ2) is 7.44. The van der Waals surface area contributed by atoms with E-state index in [2.05, 4.69) is 5.32 Å². The topological polar surface area (TPSA) is 110 Å². The highest BCUT2D eigenvalue weighted by atomic mass is 16.6. The molecule has 1 aliphatic rings. The fraction of sp³-hybridized carbons (Fsp3) is 0. The highest BCUT2D eigenvalue weighted by Gasteiger charge is 2.36. The van der Waals surface area contributed by atoms with Crippen molar-refractivity contribution in [2.24, 2.45) is 0 Å². The third kappa shape index (κ3) is 3.79. The van der Waals surface area contributed by atoms with E-state index >= 15 is 0 Å². The number of nitrogens with one attached hydrogen (secondary N) is 1. The molecule has 2 aromatic rings. The Kier molecular flexibility index (Phi) is 4.89. The van der Waals surface area contributed by atoms with Gasteiger partial charge >= 0.3 is 6.03 Å². The van der Waals surface area contributed by atoms with E-state index in [9.17, 15) is 24.5 Å². The number of carbonyl (C=O) groups is 3. The van der Waals surface area contributed by atoms with Gasteiger partial charge in [-0.2, -0.15) is 0 Å². The number of nitrogens with zero attached hydrogens (tertiary/aromatic N) is 2. The zero-order chi connectivity index (χ0) is 19.4. The number of rotatable bonds is 4. The number of hydrogen-bond acceptors (Lipinski definition) is 5. The van der Waals surface area contributed by atoms with Gasteiger partial charge in [-0.25, -0.2) is 9.69 Å². The first-order valence-electron chi connectivity index (χ1n) is 7.85. The molecule has 134 valence electrons. The van der Waals surface area contributed by atoms with E-state index in [1.165, 1.54) is 36.4 Å². The lowest BCUT2D eigenvalue weighted by molar-refractivity contribution is -0.384. The standard InChI is InChI=1S/C19H13N3O5/c23-17-16(11-5-7-13-6-4-10-15(12-13)22(26)27)18(24)21(19(25)20-17)14-8-2-1-3-9-14/h1-12H,(H,20,23,25)/b7-5+,16-11+. The lowest BCUT2D eigenvalue weighted by Crippen LogP contribution is -2.54. The van der Waals surface area contributed by atoms with Crippen molar-refractivity contribution in [2.75, 3.05) is 4.90 Å². The van der Waals surface area contributed by atoms with Crippen molar-refractivity contribution in [3.05, 3.63) is 88.0 Å². The molecule has 3 rings (SSSR count). The number of carbonyl (C=O) groups excluding carboxylic acids is 3. The van der Waals surface area contributed by atoms with Crippen molar-refractivity contribution in [3.8, 4) is 0 Å². The third-order valence-corrected chi connectivity index (χ3v) is 3.75. The van der Waals surface area contributed by atoms with E-state index in [1.807, 2.05) is 0 Å². The van der Waals surface area contributed by atoms with Crippen molar-refractivity contribution in [3.63, 3.8) is 0 Å². The molecule has 2 aromatic carbocycles. The van der Waals surface area contributed by atoms with E-state index in [0.29, 0.717) is 11.3 Å². The average molecular weight is 363 g/mol. The first-order valence-corrected chi connectivity index (χ1v) is 7.85. The molecule has 0 aromatic heterocycles. The molecule has 0 saturated carbocycles. The van der Waals surface area contributed by atoms with Gasteiger partial charge in [-0.3, -0.25) is 25.0 Å². The van der Waals surface area contributed by atoms with E-state index < -0.39 is 22.8 Å². The van der Waals surface area contributed by atoms with Crippen LogP contribution in [0.2, 0.25) is 0 Å². The van der Waals surface area contributed by atoms with Crippen LogP contribution in [0.3, 0.4) is 0 Å². The maximum atomic E-state index is 12.6. The Hall–Kier alpha value is -4.07. The first kappa shape index (κ1) is 17.7. The summed E-state index contributed by atoms with van der Waals surface area (Å²) in [6.07, 6.45) is 4.20. The van der Waals surface area contributed by atoms with E-state index in [1.54, 1.807) is 36.4 Å². The van der Waals surface area contributed by atoms with Gasteiger partial charge in [0.1, 0.15) is 5.57 Å². The molecule has 8 heteroatoms. The average Bonchev–Trinajstić information content (AvgIpc) is 2.65. The fourth-order valence-electron chi connectivity index (χ4n) is 2.49. The SMILES string of the molecule is O=C1NC(=O)N(c2ccccc2)C(=O)/C1=C/C=C/c1cccc([N+](=O)[O-])c1. The maximum Gasteiger partial charge on any atom is 0.335 e. The summed E-state index contributed by atoms with van der Waals surface area (Å²) in [5.41, 5.74) is 0.569. The van der Waals surface area contributed by atoms with Gasteiger partial charge in [0.05, 0.1) is 10.6 Å². The Morgan fingerprint density at radius 2 is 1.74 bits per heavy atom. The van der Waals surface area contributed by atoms with Gasteiger partial charge in [0.25, 0.3) is 17.5 Å². The predicted molar refractivity (Wildman–Crippen MR) is 97.7 cm³/mol. The molecule has 0 spiro atoms. The largest absolute Gasteiger partial charge is 0.335 e. The van der Waals surface area contributed by atoms with Gasteiger partial charge in [0.15, 0.2) is 0 Å². The van der Waals surface area contributed by atoms with Crippen molar-refractivity contribution in [2.45, 2.75) is 0 Å². The van der Waals surface area contributed by atoms with Crippen molar-refractivity contribution < 1.29 is 19.3 Å². The minimum atomic E-state index is -0.823. The van der Waals surface area contributed by atoms with Crippen LogP contribution in [0, 0.1) is 10.1 Å². The van der Waals surface area contributed by atoms with Crippen LogP contribution in [-0.4, -0.2) is 22.8 Å². The quantitative estimate of drug-likeness (QED) is 0.389. The molecule has 0 bridgehead atoms. The highest BCUT2D eigenvalue weighted by molar-refractivity contribution is 6.37. The second-order valence-electron chi connectivity index (χ2n) is 5.53. The Balaban J connectivity index is 1.87. The summed E-state index contributed by atoms with van der Waals surface area (Å²) in [5.74, 6) is -1.56. The van der Waals surface area contributed by atoms with E-state index in [-0.39, 0.29) is 11.3 Å². The number of imide groups is 2. The minimum absolute atomic E-state index is 0.0721. The Labute approximate surface area is 153 Å². The molecule has 8 nitrogen and oxygen atoms in total. The number of benzene rings is 2. The number of urea groups is 1. The zero-order valence-electron chi connectivity index (χ0n) is 13.9. The zero-order valence-corrected chi connectivity index (χ0v) is 13.9. The number of para-hydroxylation sites is 1. The molecule has 1 saturated heterocycles. The Morgan fingerprint density at radius 1 is 1.00 bits per heavy atom. The number of nitro groups is 1. The molecule has 0 unspecified atom stereocenters. The smallest absolute Gasteiger partial charge is 0.273 e. The van der Waals surface area contributed by atoms with Gasteiger partial charge in [0.2, 0.25) is 0 Å². The minimum Gasteiger partial charge on any atom is -0.273 e. The molecule has 1 heterocycles. The molecule has 1 N–H and O–H groups in total. The van der Waals surface area contributed by atoms with Crippen molar-refractivity contribution in [1.29, 1.82) is 0 Å². The number of barbiturate groups is 1. The summed E-state index contributed by atoms with van der Waals surface area (Å²) >= 11 is 0. The Morgan fingerprint density at radius 3 is 2.44 bits per heavy atom. The van der Waals surface area contributed by atoms with Gasteiger partial charge in [-0.15, -0.1) is 0 Å². The number of non-ortho nitro benzene ring substituents is 1. The van der Waals surface area contributed by atoms with E-state index in [4.69, 9.17) is 0 Å². The molecule has 1 aliphatic heterocycles. The Bertz CT molecular complexity index is 995. The van der Waals surface area contributed by atoms with Gasteiger partial charge < -0.3 is 0 Å². The summed E-state index contributed by atoms with van der Waals surface area (Å²) in [6.45, 7) is 0. The molecule has 27 heavy (non-hydrogen) atoms. The summed E-state index contributed by atoms with van der Waals surface area (Å²) < 4.78 is 0. The van der Waals surface area contributed by atoms with Gasteiger partial charge in [0, 0.05) is 12.1 Å².